The Labute approximate surface area is 251 Å². The molecule has 2 aromatic rings. The van der Waals surface area contributed by atoms with Crippen molar-refractivity contribution in [3.05, 3.63) is 54.6 Å². The second-order valence-corrected chi connectivity index (χ2v) is 15.0. The molecule has 226 valence electrons. The Hall–Kier alpha value is -2.56. The molecule has 2 aromatic carbocycles. The number of nitrogens with zero attached hydrogens (tertiary/aromatic N) is 1. The van der Waals surface area contributed by atoms with E-state index in [-0.39, 0.29) is 22.1 Å². The van der Waals surface area contributed by atoms with Crippen LogP contribution in [0.5, 0.6) is 0 Å². The molecule has 1 aliphatic heterocycles. The van der Waals surface area contributed by atoms with Gasteiger partial charge in [0.1, 0.15) is 5.60 Å². The molecule has 0 saturated carbocycles. The summed E-state index contributed by atoms with van der Waals surface area (Å²) in [6.45, 7) is 12.5. The summed E-state index contributed by atoms with van der Waals surface area (Å²) in [5.41, 5.74) is 1.15. The second kappa shape index (κ2) is 13.6. The van der Waals surface area contributed by atoms with Crippen molar-refractivity contribution in [1.29, 1.82) is 0 Å². The van der Waals surface area contributed by atoms with Crippen molar-refractivity contribution in [2.24, 2.45) is 11.3 Å². The highest BCUT2D eigenvalue weighted by atomic mass is 32.2. The number of thiol groups is 1. The molecule has 1 fully saturated rings. The van der Waals surface area contributed by atoms with Gasteiger partial charge in [-0.05, 0) is 62.3 Å². The monoisotopic (exact) mass is 603 g/mol. The summed E-state index contributed by atoms with van der Waals surface area (Å²) < 4.78 is 35.0. The van der Waals surface area contributed by atoms with Gasteiger partial charge in [-0.3, -0.25) is 4.79 Å². The average molecular weight is 604 g/mol. The minimum atomic E-state index is -3.85. The van der Waals surface area contributed by atoms with Crippen molar-refractivity contribution in [1.82, 2.24) is 14.9 Å². The molecule has 0 radical (unpaired) electrons. The third kappa shape index (κ3) is 9.48. The molecule has 2 amide bonds. The van der Waals surface area contributed by atoms with Gasteiger partial charge in [-0.2, -0.15) is 12.6 Å². The number of carbonyl (C=O) groups excluding carboxylic acids is 2. The molecule has 1 aliphatic rings. The van der Waals surface area contributed by atoms with Gasteiger partial charge >= 0.3 is 6.09 Å². The lowest BCUT2D eigenvalue weighted by atomic mass is 9.78. The van der Waals surface area contributed by atoms with Crippen molar-refractivity contribution < 1.29 is 22.7 Å². The van der Waals surface area contributed by atoms with Crippen LogP contribution in [-0.4, -0.2) is 55.4 Å². The number of hydrogen-bond acceptors (Lipinski definition) is 6. The molecule has 0 bridgehead atoms. The summed E-state index contributed by atoms with van der Waals surface area (Å²) in [5, 5.41) is 2.15. The summed E-state index contributed by atoms with van der Waals surface area (Å²) >= 11 is 4.75. The third-order valence-corrected chi connectivity index (χ3v) is 9.27. The van der Waals surface area contributed by atoms with E-state index in [1.54, 1.807) is 29.2 Å². The number of benzene rings is 2. The van der Waals surface area contributed by atoms with Gasteiger partial charge in [-0.25, -0.2) is 17.9 Å². The number of alkyl carbamates (subject to hydrolysis) is 1. The first kappa shape index (κ1) is 32.9. The van der Waals surface area contributed by atoms with Crippen molar-refractivity contribution in [2.45, 2.75) is 89.1 Å². The van der Waals surface area contributed by atoms with Gasteiger partial charge in [0, 0.05) is 25.4 Å². The fourth-order valence-electron chi connectivity index (χ4n) is 4.97. The predicted octanol–water partition coefficient (Wildman–Crippen LogP) is 5.85. The van der Waals surface area contributed by atoms with E-state index in [2.05, 4.69) is 30.8 Å². The number of hydrogen-bond donors (Lipinski definition) is 3. The van der Waals surface area contributed by atoms with Gasteiger partial charge in [0.25, 0.3) is 0 Å². The van der Waals surface area contributed by atoms with Gasteiger partial charge in [-0.15, -0.1) is 0 Å². The number of carbonyl (C=O) groups is 2. The molecule has 3 unspecified atom stereocenters. The highest BCUT2D eigenvalue weighted by Gasteiger charge is 2.48. The van der Waals surface area contributed by atoms with Crippen LogP contribution in [0.3, 0.4) is 0 Å². The first-order valence-electron chi connectivity index (χ1n) is 14.2. The van der Waals surface area contributed by atoms with Crippen LogP contribution in [0.2, 0.25) is 0 Å². The minimum Gasteiger partial charge on any atom is -0.444 e. The highest BCUT2D eigenvalue weighted by Crippen LogP contribution is 2.39. The Morgan fingerprint density at radius 3 is 2.12 bits per heavy atom. The maximum Gasteiger partial charge on any atom is 0.407 e. The number of likely N-dealkylation sites (tertiary alicyclic amines) is 1. The number of nitrogens with one attached hydrogen (secondary N) is 2. The zero-order valence-electron chi connectivity index (χ0n) is 25.0. The molecule has 8 nitrogen and oxygen atoms in total. The molecule has 1 saturated heterocycles. The molecular weight excluding hydrogens is 558 g/mol. The average Bonchev–Trinajstić information content (AvgIpc) is 3.21. The Morgan fingerprint density at radius 1 is 0.927 bits per heavy atom. The van der Waals surface area contributed by atoms with E-state index in [1.165, 1.54) is 0 Å². The SMILES string of the molecule is CC(C)(C)OC(=O)NCCCCCC(=O)N1CC(C(C)(C)C)C(NS(=O)(=O)c2ccc(-c3ccccc3)cc2)C1S. The maximum absolute atomic E-state index is 13.4. The summed E-state index contributed by atoms with van der Waals surface area (Å²) in [6, 6.07) is 16.1. The molecule has 0 aromatic heterocycles. The number of sulfonamides is 1. The third-order valence-electron chi connectivity index (χ3n) is 7.20. The number of unbranched alkanes of at least 4 members (excludes halogenated alkanes) is 2. The van der Waals surface area contributed by atoms with Crippen LogP contribution < -0.4 is 10.0 Å². The summed E-state index contributed by atoms with van der Waals surface area (Å²) in [7, 11) is -3.85. The lowest BCUT2D eigenvalue weighted by Crippen LogP contribution is -2.47. The summed E-state index contributed by atoms with van der Waals surface area (Å²) in [4.78, 5) is 26.8. The van der Waals surface area contributed by atoms with E-state index < -0.39 is 33.1 Å². The lowest BCUT2D eigenvalue weighted by molar-refractivity contribution is -0.131. The van der Waals surface area contributed by atoms with Gasteiger partial charge in [0.2, 0.25) is 15.9 Å². The first-order valence-corrected chi connectivity index (χ1v) is 16.2. The van der Waals surface area contributed by atoms with Crippen molar-refractivity contribution in [3.63, 3.8) is 0 Å². The topological polar surface area (TPSA) is 105 Å². The number of rotatable bonds is 10. The Kier molecular flexibility index (Phi) is 10.9. The van der Waals surface area contributed by atoms with Crippen LogP contribution >= 0.6 is 12.6 Å². The molecular formula is C31H45N3O5S2. The van der Waals surface area contributed by atoms with Crippen molar-refractivity contribution in [3.8, 4) is 11.1 Å². The van der Waals surface area contributed by atoms with Crippen LogP contribution in [0.25, 0.3) is 11.1 Å². The number of ether oxygens (including phenoxy) is 1. The van der Waals surface area contributed by atoms with Gasteiger partial charge in [-0.1, -0.05) is 69.7 Å². The number of amides is 2. The summed E-state index contributed by atoms with van der Waals surface area (Å²) in [6.07, 6.45) is 2.05. The molecule has 0 spiro atoms. The summed E-state index contributed by atoms with van der Waals surface area (Å²) in [5.74, 6) is -0.168. The van der Waals surface area contributed by atoms with Crippen LogP contribution in [0.15, 0.2) is 59.5 Å². The van der Waals surface area contributed by atoms with Crippen molar-refractivity contribution in [2.75, 3.05) is 13.1 Å². The predicted molar refractivity (Wildman–Crippen MR) is 166 cm³/mol. The van der Waals surface area contributed by atoms with Crippen LogP contribution in [0.1, 0.15) is 67.2 Å². The molecule has 1 heterocycles. The van der Waals surface area contributed by atoms with Crippen LogP contribution in [-0.2, 0) is 19.6 Å². The van der Waals surface area contributed by atoms with E-state index in [9.17, 15) is 18.0 Å². The fraction of sp³-hybridized carbons (Fsp3) is 0.548. The molecule has 41 heavy (non-hydrogen) atoms. The maximum atomic E-state index is 13.4. The Morgan fingerprint density at radius 2 is 1.54 bits per heavy atom. The van der Waals surface area contributed by atoms with Gasteiger partial charge < -0.3 is 15.0 Å². The van der Waals surface area contributed by atoms with Crippen molar-refractivity contribution >= 4 is 34.7 Å². The normalized spacial score (nSPS) is 19.7. The molecule has 0 aliphatic carbocycles. The molecule has 10 heteroatoms. The first-order chi connectivity index (χ1) is 19.1. The zero-order valence-corrected chi connectivity index (χ0v) is 26.7. The molecule has 2 N–H and O–H groups in total. The molecule has 3 rings (SSSR count). The van der Waals surface area contributed by atoms with Crippen LogP contribution in [0.4, 0.5) is 4.79 Å². The van der Waals surface area contributed by atoms with Gasteiger partial charge in [0.15, 0.2) is 0 Å². The van der Waals surface area contributed by atoms with Crippen LogP contribution in [0, 0.1) is 11.3 Å². The second-order valence-electron chi connectivity index (χ2n) is 12.7. The highest BCUT2D eigenvalue weighted by molar-refractivity contribution is 7.89. The fourth-order valence-corrected chi connectivity index (χ4v) is 6.86. The largest absolute Gasteiger partial charge is 0.444 e. The quantitative estimate of drug-likeness (QED) is 0.234. The smallest absolute Gasteiger partial charge is 0.407 e. The van der Waals surface area contributed by atoms with E-state index in [0.29, 0.717) is 25.9 Å². The lowest BCUT2D eigenvalue weighted by Gasteiger charge is -2.32. The van der Waals surface area contributed by atoms with Gasteiger partial charge in [0.05, 0.1) is 16.3 Å². The van der Waals surface area contributed by atoms with E-state index in [0.717, 1.165) is 24.0 Å². The van der Waals surface area contributed by atoms with E-state index >= 15 is 0 Å². The minimum absolute atomic E-state index is 0.0479. The standard InChI is InChI=1S/C31H45N3O5S2/c1-30(2,3)25-21-34(26(35)15-11-8-12-20-32-29(36)39-31(4,5)6)28(40)27(25)33-41(37,38)24-18-16-23(17-19-24)22-13-9-7-10-14-22/h7,9-10,13-14,16-19,25,27-28,33,40H,8,11-12,15,20-21H2,1-6H3,(H,32,36). The van der Waals surface area contributed by atoms with E-state index in [1.807, 2.05) is 51.1 Å². The Balaban J connectivity index is 1.59. The van der Waals surface area contributed by atoms with E-state index in [4.69, 9.17) is 17.4 Å². The zero-order chi connectivity index (χ0) is 30.4. The Bertz CT molecular complexity index is 1270. The molecule has 3 atom stereocenters.